The lowest BCUT2D eigenvalue weighted by molar-refractivity contribution is -0.158. The molecule has 4 nitrogen and oxygen atoms in total. The molecule has 19 heavy (non-hydrogen) atoms. The average Bonchev–Trinajstić information content (AvgIpc) is 2.43. The molecule has 2 rings (SSSR count). The molecule has 2 aliphatic rings. The van der Waals surface area contributed by atoms with Crippen molar-refractivity contribution >= 4 is 11.8 Å². The quantitative estimate of drug-likeness (QED) is 0.851. The lowest BCUT2D eigenvalue weighted by Gasteiger charge is -2.50. The Kier molecular flexibility index (Phi) is 3.88. The Labute approximate surface area is 115 Å². The smallest absolute Gasteiger partial charge is 0.249 e. The lowest BCUT2D eigenvalue weighted by Crippen LogP contribution is -2.71. The third-order valence-corrected chi connectivity index (χ3v) is 5.22. The maximum Gasteiger partial charge on any atom is 0.249 e. The molecule has 1 spiro atoms. The molecular weight excluding hydrogens is 240 g/mol. The largest absolute Gasteiger partial charge is 0.340 e. The maximum atomic E-state index is 12.9. The molecule has 0 aromatic rings. The van der Waals surface area contributed by atoms with Crippen molar-refractivity contribution in [2.24, 2.45) is 0 Å². The monoisotopic (exact) mass is 266 g/mol. The first-order chi connectivity index (χ1) is 8.97. The summed E-state index contributed by atoms with van der Waals surface area (Å²) in [6.07, 6.45) is 6.62. The van der Waals surface area contributed by atoms with Gasteiger partial charge in [-0.1, -0.05) is 33.1 Å². The van der Waals surface area contributed by atoms with Gasteiger partial charge >= 0.3 is 0 Å². The van der Waals surface area contributed by atoms with Crippen molar-refractivity contribution in [1.82, 2.24) is 10.2 Å². The van der Waals surface area contributed by atoms with Gasteiger partial charge in [-0.05, 0) is 32.6 Å². The van der Waals surface area contributed by atoms with Crippen molar-refractivity contribution in [3.8, 4) is 0 Å². The van der Waals surface area contributed by atoms with E-state index >= 15 is 0 Å². The van der Waals surface area contributed by atoms with Gasteiger partial charge in [0.05, 0.1) is 0 Å². The van der Waals surface area contributed by atoms with E-state index in [2.05, 4.69) is 26.1 Å². The Bertz CT molecular complexity index is 368. The molecule has 0 bridgehead atoms. The normalized spacial score (nSPS) is 23.6. The molecular formula is C15H26N2O2. The number of nitrogens with zero attached hydrogens (tertiary/aromatic N) is 1. The minimum absolute atomic E-state index is 0.00891. The highest BCUT2D eigenvalue weighted by Crippen LogP contribution is 2.35. The molecule has 108 valence electrons. The number of rotatable bonds is 3. The molecule has 1 aliphatic heterocycles. The van der Waals surface area contributed by atoms with Gasteiger partial charge in [0.1, 0.15) is 12.1 Å². The van der Waals surface area contributed by atoms with Crippen LogP contribution in [0, 0.1) is 0 Å². The number of piperazine rings is 1. The van der Waals surface area contributed by atoms with Crippen LogP contribution in [0.4, 0.5) is 0 Å². The van der Waals surface area contributed by atoms with Crippen LogP contribution in [0.5, 0.6) is 0 Å². The zero-order valence-corrected chi connectivity index (χ0v) is 12.4. The van der Waals surface area contributed by atoms with Crippen LogP contribution >= 0.6 is 0 Å². The van der Waals surface area contributed by atoms with Crippen LogP contribution in [0.3, 0.4) is 0 Å². The summed E-state index contributed by atoms with van der Waals surface area (Å²) < 4.78 is 0. The van der Waals surface area contributed by atoms with Gasteiger partial charge < -0.3 is 10.2 Å². The fourth-order valence-electron chi connectivity index (χ4n) is 3.40. The molecule has 0 atom stereocenters. The van der Waals surface area contributed by atoms with E-state index in [-0.39, 0.29) is 23.9 Å². The van der Waals surface area contributed by atoms with Gasteiger partial charge in [0.2, 0.25) is 11.8 Å². The summed E-state index contributed by atoms with van der Waals surface area (Å²) in [5, 5.41) is 3.00. The van der Waals surface area contributed by atoms with Gasteiger partial charge in [-0.3, -0.25) is 9.59 Å². The van der Waals surface area contributed by atoms with E-state index in [9.17, 15) is 9.59 Å². The van der Waals surface area contributed by atoms with Gasteiger partial charge in [0, 0.05) is 5.54 Å². The van der Waals surface area contributed by atoms with E-state index in [4.69, 9.17) is 0 Å². The van der Waals surface area contributed by atoms with Crippen molar-refractivity contribution in [2.45, 2.75) is 76.8 Å². The molecule has 0 aromatic heterocycles. The SMILES string of the molecule is CCC(C)(CC)N1CC(=O)NC2(CCCCC2)C1=O. The van der Waals surface area contributed by atoms with Crippen LogP contribution in [-0.2, 0) is 9.59 Å². The third-order valence-electron chi connectivity index (χ3n) is 5.22. The molecule has 0 radical (unpaired) electrons. The minimum Gasteiger partial charge on any atom is -0.340 e. The predicted octanol–water partition coefficient (Wildman–Crippen LogP) is 2.23. The second-order valence-corrected chi connectivity index (χ2v) is 6.29. The second-order valence-electron chi connectivity index (χ2n) is 6.29. The van der Waals surface area contributed by atoms with Crippen LogP contribution < -0.4 is 5.32 Å². The van der Waals surface area contributed by atoms with Crippen molar-refractivity contribution in [3.05, 3.63) is 0 Å². The molecule has 0 aromatic carbocycles. The van der Waals surface area contributed by atoms with E-state index in [1.807, 2.05) is 4.90 Å². The van der Waals surface area contributed by atoms with Gasteiger partial charge in [-0.15, -0.1) is 0 Å². The number of nitrogens with one attached hydrogen (secondary N) is 1. The Morgan fingerprint density at radius 1 is 1.16 bits per heavy atom. The summed E-state index contributed by atoms with van der Waals surface area (Å²) in [7, 11) is 0. The standard InChI is InChI=1S/C15H26N2O2/c1-4-14(3,5-2)17-11-12(18)16-15(13(17)19)9-7-6-8-10-15/h4-11H2,1-3H3,(H,16,18). The lowest BCUT2D eigenvalue weighted by atomic mass is 9.77. The maximum absolute atomic E-state index is 12.9. The Hall–Kier alpha value is -1.06. The average molecular weight is 266 g/mol. The summed E-state index contributed by atoms with van der Waals surface area (Å²) in [6.45, 7) is 6.51. The van der Waals surface area contributed by atoms with Crippen LogP contribution in [0.15, 0.2) is 0 Å². The van der Waals surface area contributed by atoms with Crippen molar-refractivity contribution < 1.29 is 9.59 Å². The van der Waals surface area contributed by atoms with E-state index in [1.165, 1.54) is 6.42 Å². The zero-order valence-electron chi connectivity index (χ0n) is 12.4. The number of amides is 2. The summed E-state index contributed by atoms with van der Waals surface area (Å²) in [4.78, 5) is 26.8. The molecule has 2 amide bonds. The minimum atomic E-state index is -0.598. The molecule has 4 heteroatoms. The summed E-state index contributed by atoms with van der Waals surface area (Å²) in [5.74, 6) is 0.160. The topological polar surface area (TPSA) is 49.4 Å². The van der Waals surface area contributed by atoms with E-state index in [0.29, 0.717) is 0 Å². The highest BCUT2D eigenvalue weighted by Gasteiger charge is 2.50. The fraction of sp³-hybridized carbons (Fsp3) is 0.867. The fourth-order valence-corrected chi connectivity index (χ4v) is 3.40. The Balaban J connectivity index is 2.30. The first kappa shape index (κ1) is 14.4. The number of hydrogen-bond acceptors (Lipinski definition) is 2. The molecule has 1 saturated carbocycles. The van der Waals surface area contributed by atoms with Crippen molar-refractivity contribution in [3.63, 3.8) is 0 Å². The zero-order chi connectivity index (χ0) is 14.1. The van der Waals surface area contributed by atoms with Crippen molar-refractivity contribution in [1.29, 1.82) is 0 Å². The first-order valence-corrected chi connectivity index (χ1v) is 7.60. The van der Waals surface area contributed by atoms with Gasteiger partial charge in [0.15, 0.2) is 0 Å². The molecule has 0 unspecified atom stereocenters. The summed E-state index contributed by atoms with van der Waals surface area (Å²) in [5.41, 5.74) is -0.793. The second kappa shape index (κ2) is 5.14. The predicted molar refractivity (Wildman–Crippen MR) is 74.7 cm³/mol. The Morgan fingerprint density at radius 2 is 1.74 bits per heavy atom. The van der Waals surface area contributed by atoms with E-state index in [1.54, 1.807) is 0 Å². The van der Waals surface area contributed by atoms with Crippen molar-refractivity contribution in [2.75, 3.05) is 6.54 Å². The molecule has 1 N–H and O–H groups in total. The van der Waals surface area contributed by atoms with Crippen LogP contribution in [-0.4, -0.2) is 34.3 Å². The molecule has 1 saturated heterocycles. The highest BCUT2D eigenvalue weighted by molar-refractivity contribution is 5.98. The number of carbonyl (C=O) groups is 2. The third kappa shape index (κ3) is 2.37. The molecule has 1 aliphatic carbocycles. The first-order valence-electron chi connectivity index (χ1n) is 7.60. The van der Waals surface area contributed by atoms with Gasteiger partial charge in [0.25, 0.3) is 0 Å². The molecule has 1 heterocycles. The molecule has 2 fully saturated rings. The van der Waals surface area contributed by atoms with Crippen LogP contribution in [0.25, 0.3) is 0 Å². The summed E-state index contributed by atoms with van der Waals surface area (Å²) >= 11 is 0. The van der Waals surface area contributed by atoms with E-state index in [0.717, 1.165) is 38.5 Å². The highest BCUT2D eigenvalue weighted by atomic mass is 16.2. The summed E-state index contributed by atoms with van der Waals surface area (Å²) in [6, 6.07) is 0. The van der Waals surface area contributed by atoms with Gasteiger partial charge in [-0.2, -0.15) is 0 Å². The van der Waals surface area contributed by atoms with Gasteiger partial charge in [-0.25, -0.2) is 0 Å². The number of carbonyl (C=O) groups excluding carboxylic acids is 2. The Morgan fingerprint density at radius 3 is 2.26 bits per heavy atom. The van der Waals surface area contributed by atoms with E-state index < -0.39 is 5.54 Å². The number of hydrogen-bond donors (Lipinski definition) is 1. The van der Waals surface area contributed by atoms with Crippen LogP contribution in [0.1, 0.15) is 65.7 Å². The van der Waals surface area contributed by atoms with Crippen LogP contribution in [0.2, 0.25) is 0 Å².